The minimum atomic E-state index is -1.36. The predicted molar refractivity (Wildman–Crippen MR) is 71.4 cm³/mol. The minimum absolute atomic E-state index is 0.0681. The zero-order valence-electron chi connectivity index (χ0n) is 10.0. The van der Waals surface area contributed by atoms with Gasteiger partial charge in [0.25, 0.3) is 0 Å². The van der Waals surface area contributed by atoms with Gasteiger partial charge in [-0.1, -0.05) is 35.3 Å². The van der Waals surface area contributed by atoms with Crippen molar-refractivity contribution in [1.82, 2.24) is 0 Å². The summed E-state index contributed by atoms with van der Waals surface area (Å²) in [6, 6.07) is 5.83. The van der Waals surface area contributed by atoms with Gasteiger partial charge < -0.3 is 5.11 Å². The van der Waals surface area contributed by atoms with Crippen molar-refractivity contribution in [1.29, 1.82) is 0 Å². The molecule has 20 heavy (non-hydrogen) atoms. The minimum Gasteiger partial charge on any atom is -0.388 e. The second-order valence-electron chi connectivity index (χ2n) is 4.22. The molecule has 0 saturated carbocycles. The van der Waals surface area contributed by atoms with Gasteiger partial charge in [0, 0.05) is 18.1 Å². The molecule has 1 nitrogen and oxygen atoms in total. The summed E-state index contributed by atoms with van der Waals surface area (Å²) in [5, 5.41) is 10.5. The van der Waals surface area contributed by atoms with Gasteiger partial charge >= 0.3 is 0 Å². The van der Waals surface area contributed by atoms with Gasteiger partial charge in [0.1, 0.15) is 5.82 Å². The Hall–Kier alpha value is -1.23. The molecule has 0 aromatic heterocycles. The van der Waals surface area contributed by atoms with Crippen LogP contribution in [-0.4, -0.2) is 5.11 Å². The third-order valence-electron chi connectivity index (χ3n) is 2.84. The molecule has 0 heterocycles. The van der Waals surface area contributed by atoms with Crippen LogP contribution in [0, 0.1) is 17.5 Å². The zero-order chi connectivity index (χ0) is 14.9. The first kappa shape index (κ1) is 15.2. The fourth-order valence-corrected chi connectivity index (χ4v) is 2.21. The third kappa shape index (κ3) is 3.08. The summed E-state index contributed by atoms with van der Waals surface area (Å²) in [5.74, 6) is -3.55. The molecule has 0 radical (unpaired) electrons. The van der Waals surface area contributed by atoms with Gasteiger partial charge in [0.2, 0.25) is 0 Å². The van der Waals surface area contributed by atoms with Crippen molar-refractivity contribution in [2.24, 2.45) is 0 Å². The highest BCUT2D eigenvalue weighted by molar-refractivity contribution is 6.42. The Balaban J connectivity index is 2.31. The van der Waals surface area contributed by atoms with Crippen LogP contribution in [0.5, 0.6) is 0 Å². The lowest BCUT2D eigenvalue weighted by Crippen LogP contribution is -2.06. The monoisotopic (exact) mass is 320 g/mol. The molecule has 1 atom stereocenters. The lowest BCUT2D eigenvalue weighted by Gasteiger charge is -2.14. The number of hydrogen-bond donors (Lipinski definition) is 1. The molecule has 2 aromatic carbocycles. The molecule has 1 N–H and O–H groups in total. The Morgan fingerprint density at radius 3 is 2.35 bits per heavy atom. The molecule has 0 aliphatic rings. The maximum Gasteiger partial charge on any atom is 0.161 e. The van der Waals surface area contributed by atoms with Crippen molar-refractivity contribution in [3.63, 3.8) is 0 Å². The molecule has 2 rings (SSSR count). The Bertz CT molecular complexity index is 647. The summed E-state index contributed by atoms with van der Waals surface area (Å²) in [7, 11) is 0. The number of hydrogen-bond acceptors (Lipinski definition) is 1. The molecule has 0 aliphatic heterocycles. The molecule has 0 spiro atoms. The molecule has 106 valence electrons. The number of rotatable bonds is 3. The van der Waals surface area contributed by atoms with E-state index in [-0.39, 0.29) is 17.0 Å². The van der Waals surface area contributed by atoms with Gasteiger partial charge in [-0.25, -0.2) is 13.2 Å². The van der Waals surface area contributed by atoms with E-state index in [1.807, 2.05) is 0 Å². The normalized spacial score (nSPS) is 12.5. The quantitative estimate of drug-likeness (QED) is 0.814. The number of benzene rings is 2. The van der Waals surface area contributed by atoms with E-state index in [1.165, 1.54) is 0 Å². The van der Waals surface area contributed by atoms with Gasteiger partial charge in [-0.2, -0.15) is 0 Å². The Labute approximate surface area is 123 Å². The Kier molecular flexibility index (Phi) is 4.58. The fourth-order valence-electron chi connectivity index (χ4n) is 1.82. The van der Waals surface area contributed by atoms with Crippen LogP contribution in [0.2, 0.25) is 10.0 Å². The largest absolute Gasteiger partial charge is 0.388 e. The standard InChI is InChI=1S/C14H9Cl2F3O/c15-9-3-1-2-7(14(9)16)4-13(20)8-5-11(18)12(19)6-10(8)17/h1-3,5-6,13,20H,4H2. The first-order chi connectivity index (χ1) is 9.40. The van der Waals surface area contributed by atoms with E-state index in [0.29, 0.717) is 22.7 Å². The van der Waals surface area contributed by atoms with E-state index in [1.54, 1.807) is 18.2 Å². The first-order valence-corrected chi connectivity index (χ1v) is 6.41. The predicted octanol–water partition coefficient (Wildman–Crippen LogP) is 4.69. The molecule has 2 aromatic rings. The zero-order valence-corrected chi connectivity index (χ0v) is 11.5. The van der Waals surface area contributed by atoms with Crippen LogP contribution < -0.4 is 0 Å². The molecule has 1 unspecified atom stereocenters. The molecule has 6 heteroatoms. The van der Waals surface area contributed by atoms with Crippen LogP contribution in [0.1, 0.15) is 17.2 Å². The van der Waals surface area contributed by atoms with Gasteiger partial charge in [0.05, 0.1) is 16.1 Å². The van der Waals surface area contributed by atoms with E-state index in [2.05, 4.69) is 0 Å². The number of aliphatic hydroxyl groups excluding tert-OH is 1. The van der Waals surface area contributed by atoms with Crippen molar-refractivity contribution in [3.8, 4) is 0 Å². The van der Waals surface area contributed by atoms with E-state index in [0.717, 1.165) is 0 Å². The van der Waals surface area contributed by atoms with E-state index in [9.17, 15) is 18.3 Å². The Morgan fingerprint density at radius 1 is 1.00 bits per heavy atom. The molecule has 0 aliphatic carbocycles. The van der Waals surface area contributed by atoms with Crippen LogP contribution in [0.3, 0.4) is 0 Å². The Morgan fingerprint density at radius 2 is 1.65 bits per heavy atom. The highest BCUT2D eigenvalue weighted by Crippen LogP contribution is 2.30. The van der Waals surface area contributed by atoms with Crippen molar-refractivity contribution in [3.05, 3.63) is 69.0 Å². The molecular weight excluding hydrogens is 312 g/mol. The second-order valence-corrected chi connectivity index (χ2v) is 5.01. The van der Waals surface area contributed by atoms with Crippen LogP contribution >= 0.6 is 23.2 Å². The second kappa shape index (κ2) is 6.04. The summed E-state index contributed by atoms with van der Waals surface area (Å²) in [4.78, 5) is 0. The van der Waals surface area contributed by atoms with Crippen LogP contribution in [0.15, 0.2) is 30.3 Å². The van der Waals surface area contributed by atoms with Crippen molar-refractivity contribution >= 4 is 23.2 Å². The van der Waals surface area contributed by atoms with Gasteiger partial charge in [-0.05, 0) is 17.7 Å². The van der Waals surface area contributed by atoms with Crippen LogP contribution in [-0.2, 0) is 6.42 Å². The maximum absolute atomic E-state index is 13.5. The van der Waals surface area contributed by atoms with Crippen molar-refractivity contribution in [2.75, 3.05) is 0 Å². The van der Waals surface area contributed by atoms with E-state index >= 15 is 0 Å². The first-order valence-electron chi connectivity index (χ1n) is 5.65. The third-order valence-corrected chi connectivity index (χ3v) is 3.70. The summed E-state index contributed by atoms with van der Waals surface area (Å²) in [6.07, 6.45) is -1.43. The smallest absolute Gasteiger partial charge is 0.161 e. The summed E-state index contributed by atoms with van der Waals surface area (Å²) in [5.41, 5.74) is 0.149. The molecule has 0 fully saturated rings. The summed E-state index contributed by atoms with van der Waals surface area (Å²) in [6.45, 7) is 0. The van der Waals surface area contributed by atoms with E-state index < -0.39 is 23.6 Å². The van der Waals surface area contributed by atoms with Crippen molar-refractivity contribution < 1.29 is 18.3 Å². The highest BCUT2D eigenvalue weighted by Gasteiger charge is 2.18. The lowest BCUT2D eigenvalue weighted by molar-refractivity contribution is 0.172. The van der Waals surface area contributed by atoms with Gasteiger partial charge in [0.15, 0.2) is 11.6 Å². The van der Waals surface area contributed by atoms with Crippen molar-refractivity contribution in [2.45, 2.75) is 12.5 Å². The fraction of sp³-hybridized carbons (Fsp3) is 0.143. The lowest BCUT2D eigenvalue weighted by atomic mass is 10.0. The average molecular weight is 321 g/mol. The summed E-state index contributed by atoms with van der Waals surface area (Å²) >= 11 is 11.8. The van der Waals surface area contributed by atoms with Gasteiger partial charge in [-0.15, -0.1) is 0 Å². The summed E-state index contributed by atoms with van der Waals surface area (Å²) < 4.78 is 39.5. The molecule has 0 bridgehead atoms. The molecular formula is C14H9Cl2F3O. The van der Waals surface area contributed by atoms with E-state index in [4.69, 9.17) is 23.2 Å². The number of halogens is 5. The number of aliphatic hydroxyl groups is 1. The highest BCUT2D eigenvalue weighted by atomic mass is 35.5. The molecule has 0 amide bonds. The van der Waals surface area contributed by atoms with Crippen LogP contribution in [0.4, 0.5) is 13.2 Å². The average Bonchev–Trinajstić information content (AvgIpc) is 2.39. The molecule has 0 saturated heterocycles. The topological polar surface area (TPSA) is 20.2 Å². The van der Waals surface area contributed by atoms with Gasteiger partial charge in [-0.3, -0.25) is 0 Å². The SMILES string of the molecule is OC(Cc1cccc(Cl)c1Cl)c1cc(F)c(F)cc1F. The van der Waals surface area contributed by atoms with Crippen LogP contribution in [0.25, 0.3) is 0 Å². The maximum atomic E-state index is 13.5.